The van der Waals surface area contributed by atoms with E-state index >= 15 is 0 Å². The molecule has 11 heavy (non-hydrogen) atoms. The zero-order chi connectivity index (χ0) is 7.84. The first-order chi connectivity index (χ1) is 5.25. The molecule has 1 aliphatic heterocycles. The molecule has 58 valence electrons. The Morgan fingerprint density at radius 2 is 2.18 bits per heavy atom. The topological polar surface area (TPSA) is 37.0 Å². The molecular formula is C6H7ClN3S+. The Balaban J connectivity index is 2.43. The number of rotatable bonds is 0. The van der Waals surface area contributed by atoms with Crippen LogP contribution in [0.15, 0.2) is 12.3 Å². The van der Waals surface area contributed by atoms with Crippen LogP contribution in [0.2, 0.25) is 5.15 Å². The highest BCUT2D eigenvalue weighted by molar-refractivity contribution is 7.59. The van der Waals surface area contributed by atoms with Crippen molar-refractivity contribution < 1.29 is 0 Å². The number of nitrogens with zero attached hydrogens (tertiary/aromatic N) is 1. The summed E-state index contributed by atoms with van der Waals surface area (Å²) in [5, 5.41) is 6.72. The summed E-state index contributed by atoms with van der Waals surface area (Å²) in [6, 6.07) is 1.78. The maximum atomic E-state index is 5.68. The zero-order valence-electron chi connectivity index (χ0n) is 5.56. The minimum atomic E-state index is 0.0743. The average molecular weight is 189 g/mol. The molecule has 1 unspecified atom stereocenters. The van der Waals surface area contributed by atoms with Crippen LogP contribution in [-0.2, 0) is 12.6 Å². The number of anilines is 2. The van der Waals surface area contributed by atoms with E-state index in [4.69, 9.17) is 11.6 Å². The first-order valence-electron chi connectivity index (χ1n) is 3.15. The standard InChI is InChI=1S/C6H6ClN3S/c7-5-1-3-4(2-8-5)10-6(11)9-3/h1-2,6,9-11H/p+1. The van der Waals surface area contributed by atoms with E-state index in [1.807, 2.05) is 0 Å². The van der Waals surface area contributed by atoms with Crippen LogP contribution in [0.3, 0.4) is 0 Å². The number of nitrogens with one attached hydrogen (secondary N) is 2. The minimum absolute atomic E-state index is 0.0743. The van der Waals surface area contributed by atoms with Gasteiger partial charge in [0, 0.05) is 18.7 Å². The van der Waals surface area contributed by atoms with Gasteiger partial charge in [-0.05, 0) is 0 Å². The lowest BCUT2D eigenvalue weighted by Gasteiger charge is -1.94. The zero-order valence-corrected chi connectivity index (χ0v) is 7.31. The molecule has 1 aromatic rings. The van der Waals surface area contributed by atoms with Gasteiger partial charge in [0.15, 0.2) is 0 Å². The van der Waals surface area contributed by atoms with E-state index in [2.05, 4.69) is 28.2 Å². The molecule has 0 radical (unpaired) electrons. The van der Waals surface area contributed by atoms with E-state index in [0.29, 0.717) is 5.15 Å². The number of aromatic nitrogens is 1. The Morgan fingerprint density at radius 3 is 3.00 bits per heavy atom. The molecule has 0 saturated carbocycles. The van der Waals surface area contributed by atoms with E-state index < -0.39 is 0 Å². The van der Waals surface area contributed by atoms with Crippen molar-refractivity contribution in [1.29, 1.82) is 0 Å². The predicted molar refractivity (Wildman–Crippen MR) is 50.4 cm³/mol. The van der Waals surface area contributed by atoms with Gasteiger partial charge < -0.3 is 10.6 Å². The molecule has 1 atom stereocenters. The summed E-state index contributed by atoms with van der Waals surface area (Å²) in [7, 11) is 0. The van der Waals surface area contributed by atoms with E-state index in [-0.39, 0.29) is 5.50 Å². The van der Waals surface area contributed by atoms with Crippen LogP contribution in [0, 0.1) is 0 Å². The van der Waals surface area contributed by atoms with E-state index in [1.54, 1.807) is 12.3 Å². The summed E-state index contributed by atoms with van der Waals surface area (Å²) in [4.78, 5) is 3.93. The van der Waals surface area contributed by atoms with E-state index in [1.165, 1.54) is 0 Å². The first-order valence-corrected chi connectivity index (χ1v) is 4.11. The Bertz CT molecular complexity index is 291. The van der Waals surface area contributed by atoms with Crippen molar-refractivity contribution in [3.63, 3.8) is 0 Å². The summed E-state index contributed by atoms with van der Waals surface area (Å²) in [5.41, 5.74) is 2.02. The number of hydrogen-bond donors (Lipinski definition) is 2. The van der Waals surface area contributed by atoms with Crippen molar-refractivity contribution >= 4 is 35.6 Å². The number of hydrogen-bond acceptors (Lipinski definition) is 3. The normalized spacial score (nSPS) is 20.4. The van der Waals surface area contributed by atoms with E-state index in [9.17, 15) is 0 Å². The van der Waals surface area contributed by atoms with Crippen molar-refractivity contribution in [2.24, 2.45) is 0 Å². The van der Waals surface area contributed by atoms with Gasteiger partial charge in [0.1, 0.15) is 5.15 Å². The molecule has 0 fully saturated rings. The summed E-state index contributed by atoms with van der Waals surface area (Å²) in [6.07, 6.45) is 1.70. The summed E-state index contributed by atoms with van der Waals surface area (Å²) >= 11 is 9.08. The SMILES string of the molecule is [SH2+]C1Nc2cnc(Cl)cc2N1. The van der Waals surface area contributed by atoms with Crippen LogP contribution in [0.1, 0.15) is 0 Å². The molecule has 1 aliphatic rings. The highest BCUT2D eigenvalue weighted by Gasteiger charge is 2.19. The molecule has 2 N–H and O–H groups in total. The number of fused-ring (bicyclic) bond motifs is 1. The van der Waals surface area contributed by atoms with Crippen molar-refractivity contribution in [3.05, 3.63) is 17.4 Å². The van der Waals surface area contributed by atoms with Gasteiger partial charge in [0.25, 0.3) is 5.50 Å². The molecule has 3 nitrogen and oxygen atoms in total. The Kier molecular flexibility index (Phi) is 1.58. The number of pyridine rings is 1. The first kappa shape index (κ1) is 7.06. The van der Waals surface area contributed by atoms with Crippen molar-refractivity contribution in [2.75, 3.05) is 10.6 Å². The van der Waals surface area contributed by atoms with Crippen LogP contribution >= 0.6 is 11.6 Å². The maximum absolute atomic E-state index is 5.68. The quantitative estimate of drug-likeness (QED) is 0.469. The molecule has 0 aromatic carbocycles. The molecule has 2 heterocycles. The summed E-state index contributed by atoms with van der Waals surface area (Å²) < 4.78 is 0. The Hall–Kier alpha value is -0.610. The fraction of sp³-hybridized carbons (Fsp3) is 0.167. The molecule has 0 spiro atoms. The third-order valence-corrected chi connectivity index (χ3v) is 1.97. The summed E-state index contributed by atoms with van der Waals surface area (Å²) in [6.45, 7) is 0. The highest BCUT2D eigenvalue weighted by Crippen LogP contribution is 2.28. The van der Waals surface area contributed by atoms with Gasteiger partial charge in [0.2, 0.25) is 0 Å². The molecule has 0 aliphatic carbocycles. The number of halogens is 1. The average Bonchev–Trinajstić information content (AvgIpc) is 2.27. The van der Waals surface area contributed by atoms with Crippen LogP contribution in [-0.4, -0.2) is 10.5 Å². The Labute approximate surface area is 74.6 Å². The molecule has 2 rings (SSSR count). The lowest BCUT2D eigenvalue weighted by Crippen LogP contribution is -2.17. The van der Waals surface area contributed by atoms with Gasteiger partial charge in [0.05, 0.1) is 17.6 Å². The van der Waals surface area contributed by atoms with Crippen molar-refractivity contribution in [3.8, 4) is 0 Å². The smallest absolute Gasteiger partial charge is 0.260 e. The monoisotopic (exact) mass is 188 g/mol. The van der Waals surface area contributed by atoms with Crippen molar-refractivity contribution in [2.45, 2.75) is 5.50 Å². The predicted octanol–water partition coefficient (Wildman–Crippen LogP) is 0.867. The van der Waals surface area contributed by atoms with Crippen LogP contribution in [0.4, 0.5) is 11.4 Å². The van der Waals surface area contributed by atoms with Crippen molar-refractivity contribution in [1.82, 2.24) is 4.98 Å². The van der Waals surface area contributed by atoms with Crippen LogP contribution < -0.4 is 10.6 Å². The van der Waals surface area contributed by atoms with Crippen LogP contribution in [0.5, 0.6) is 0 Å². The van der Waals surface area contributed by atoms with Gasteiger partial charge in [-0.3, -0.25) is 0 Å². The van der Waals surface area contributed by atoms with Gasteiger partial charge in [-0.25, -0.2) is 4.98 Å². The third-order valence-electron chi connectivity index (χ3n) is 1.47. The van der Waals surface area contributed by atoms with Gasteiger partial charge >= 0.3 is 0 Å². The fourth-order valence-electron chi connectivity index (χ4n) is 1.01. The molecule has 0 saturated heterocycles. The van der Waals surface area contributed by atoms with E-state index in [0.717, 1.165) is 11.4 Å². The second-order valence-electron chi connectivity index (χ2n) is 2.27. The van der Waals surface area contributed by atoms with Gasteiger partial charge in [-0.15, -0.1) is 0 Å². The molecule has 0 bridgehead atoms. The maximum Gasteiger partial charge on any atom is 0.260 e. The largest absolute Gasteiger partial charge is 0.322 e. The summed E-state index contributed by atoms with van der Waals surface area (Å²) in [5.74, 6) is 0. The van der Waals surface area contributed by atoms with Gasteiger partial charge in [-0.2, -0.15) is 0 Å². The highest BCUT2D eigenvalue weighted by atomic mass is 35.5. The fourth-order valence-corrected chi connectivity index (χ4v) is 1.48. The molecule has 1 aromatic heterocycles. The van der Waals surface area contributed by atoms with Crippen LogP contribution in [0.25, 0.3) is 0 Å². The molecular weight excluding hydrogens is 182 g/mol. The third kappa shape index (κ3) is 1.23. The lowest BCUT2D eigenvalue weighted by molar-refractivity contribution is 1.22. The van der Waals surface area contributed by atoms with Gasteiger partial charge in [-0.1, -0.05) is 11.6 Å². The molecule has 0 amide bonds. The lowest BCUT2D eigenvalue weighted by atomic mass is 10.4. The Morgan fingerprint density at radius 1 is 1.45 bits per heavy atom. The molecule has 5 heteroatoms. The second kappa shape index (κ2) is 2.46. The second-order valence-corrected chi connectivity index (χ2v) is 3.24. The minimum Gasteiger partial charge on any atom is -0.322 e.